The van der Waals surface area contributed by atoms with Crippen LogP contribution in [0, 0.1) is 0 Å². The standard InChI is InChI=1S/C14H9BrClF3O/c15-8-9-4-3-6-11(16)13(9)20-12-7-2-1-5-10(12)14(17,18)19/h1-7H,8H2. The van der Waals surface area contributed by atoms with E-state index in [4.69, 9.17) is 16.3 Å². The van der Waals surface area contributed by atoms with E-state index in [1.807, 2.05) is 0 Å². The molecule has 0 aliphatic carbocycles. The third-order valence-corrected chi connectivity index (χ3v) is 3.50. The van der Waals surface area contributed by atoms with Gasteiger partial charge in [0.1, 0.15) is 11.5 Å². The van der Waals surface area contributed by atoms with E-state index in [1.165, 1.54) is 18.2 Å². The maximum absolute atomic E-state index is 12.9. The molecular formula is C14H9BrClF3O. The highest BCUT2D eigenvalue weighted by Gasteiger charge is 2.34. The topological polar surface area (TPSA) is 9.23 Å². The first-order valence-electron chi connectivity index (χ1n) is 5.61. The van der Waals surface area contributed by atoms with Crippen molar-refractivity contribution < 1.29 is 17.9 Å². The number of hydrogen-bond acceptors (Lipinski definition) is 1. The second-order valence-corrected chi connectivity index (χ2v) is 4.93. The lowest BCUT2D eigenvalue weighted by atomic mass is 10.2. The molecule has 0 aromatic heterocycles. The summed E-state index contributed by atoms with van der Waals surface area (Å²) in [5.74, 6) is -0.0435. The number of hydrogen-bond donors (Lipinski definition) is 0. The van der Waals surface area contributed by atoms with E-state index in [0.29, 0.717) is 10.9 Å². The Morgan fingerprint density at radius 1 is 1.05 bits per heavy atom. The molecule has 1 nitrogen and oxygen atoms in total. The first-order chi connectivity index (χ1) is 9.43. The van der Waals surface area contributed by atoms with Gasteiger partial charge in [-0.05, 0) is 18.2 Å². The largest absolute Gasteiger partial charge is 0.455 e. The van der Waals surface area contributed by atoms with E-state index in [1.54, 1.807) is 18.2 Å². The van der Waals surface area contributed by atoms with E-state index in [0.717, 1.165) is 6.07 Å². The minimum Gasteiger partial charge on any atom is -0.455 e. The van der Waals surface area contributed by atoms with E-state index in [-0.39, 0.29) is 16.5 Å². The minimum absolute atomic E-state index is 0.225. The molecule has 0 amide bonds. The lowest BCUT2D eigenvalue weighted by molar-refractivity contribution is -0.138. The SMILES string of the molecule is FC(F)(F)c1ccccc1Oc1c(Cl)cccc1CBr. The van der Waals surface area contributed by atoms with Crippen molar-refractivity contribution >= 4 is 27.5 Å². The van der Waals surface area contributed by atoms with Gasteiger partial charge in [0.15, 0.2) is 0 Å². The Balaban J connectivity index is 2.46. The molecular weight excluding hydrogens is 357 g/mol. The predicted octanol–water partition coefficient (Wildman–Crippen LogP) is 6.05. The molecule has 0 spiro atoms. The molecule has 0 radical (unpaired) electrons. The van der Waals surface area contributed by atoms with E-state index in [9.17, 15) is 13.2 Å². The van der Waals surface area contributed by atoms with Crippen molar-refractivity contribution in [1.82, 2.24) is 0 Å². The van der Waals surface area contributed by atoms with Gasteiger partial charge < -0.3 is 4.74 Å². The second kappa shape index (κ2) is 6.06. The predicted molar refractivity (Wildman–Crippen MR) is 75.6 cm³/mol. The first kappa shape index (κ1) is 15.2. The summed E-state index contributed by atoms with van der Waals surface area (Å²) in [5.41, 5.74) is -0.157. The minimum atomic E-state index is -4.48. The van der Waals surface area contributed by atoms with Crippen LogP contribution in [0.2, 0.25) is 5.02 Å². The third-order valence-electron chi connectivity index (χ3n) is 2.60. The molecule has 2 aromatic carbocycles. The Hall–Kier alpha value is -1.20. The molecule has 20 heavy (non-hydrogen) atoms. The monoisotopic (exact) mass is 364 g/mol. The lowest BCUT2D eigenvalue weighted by Gasteiger charge is -2.16. The molecule has 0 N–H and O–H groups in total. The van der Waals surface area contributed by atoms with Crippen LogP contribution in [0.4, 0.5) is 13.2 Å². The number of rotatable bonds is 3. The van der Waals surface area contributed by atoms with Crippen molar-refractivity contribution in [1.29, 1.82) is 0 Å². The highest BCUT2D eigenvalue weighted by Crippen LogP contribution is 2.40. The number of ether oxygens (including phenoxy) is 1. The summed E-state index contributed by atoms with van der Waals surface area (Å²) in [5, 5.41) is 0.691. The second-order valence-electron chi connectivity index (χ2n) is 3.96. The number of para-hydroxylation sites is 2. The molecule has 106 valence electrons. The van der Waals surface area contributed by atoms with Crippen LogP contribution in [-0.2, 0) is 11.5 Å². The molecule has 0 heterocycles. The molecule has 0 aliphatic heterocycles. The summed E-state index contributed by atoms with van der Waals surface area (Å²) in [4.78, 5) is 0. The summed E-state index contributed by atoms with van der Waals surface area (Å²) < 4.78 is 44.1. The molecule has 0 atom stereocenters. The maximum atomic E-state index is 12.9. The summed E-state index contributed by atoms with van der Waals surface area (Å²) in [6, 6.07) is 10.0. The van der Waals surface area contributed by atoms with Crippen LogP contribution in [0.15, 0.2) is 42.5 Å². The van der Waals surface area contributed by atoms with Crippen LogP contribution in [0.5, 0.6) is 11.5 Å². The van der Waals surface area contributed by atoms with Crippen LogP contribution in [-0.4, -0.2) is 0 Å². The van der Waals surface area contributed by atoms with Crippen molar-refractivity contribution in [3.63, 3.8) is 0 Å². The normalized spacial score (nSPS) is 11.4. The molecule has 0 aliphatic rings. The lowest BCUT2D eigenvalue weighted by Crippen LogP contribution is -2.07. The Morgan fingerprint density at radius 3 is 2.40 bits per heavy atom. The van der Waals surface area contributed by atoms with E-state index in [2.05, 4.69) is 15.9 Å². The average Bonchev–Trinajstić information content (AvgIpc) is 2.40. The van der Waals surface area contributed by atoms with Gasteiger partial charge in [-0.3, -0.25) is 0 Å². The van der Waals surface area contributed by atoms with Crippen molar-refractivity contribution in [3.8, 4) is 11.5 Å². The maximum Gasteiger partial charge on any atom is 0.419 e. The molecule has 0 bridgehead atoms. The Bertz CT molecular complexity index is 614. The fourth-order valence-corrected chi connectivity index (χ4v) is 2.35. The number of benzene rings is 2. The number of alkyl halides is 4. The van der Waals surface area contributed by atoms with Gasteiger partial charge >= 0.3 is 6.18 Å². The van der Waals surface area contributed by atoms with Gasteiger partial charge in [-0.15, -0.1) is 0 Å². The molecule has 0 unspecified atom stereocenters. The molecule has 0 fully saturated rings. The van der Waals surface area contributed by atoms with Crippen molar-refractivity contribution in [2.75, 3.05) is 0 Å². The fourth-order valence-electron chi connectivity index (χ4n) is 1.67. The van der Waals surface area contributed by atoms with Gasteiger partial charge in [0.05, 0.1) is 10.6 Å². The van der Waals surface area contributed by atoms with Crippen molar-refractivity contribution in [2.24, 2.45) is 0 Å². The summed E-state index contributed by atoms with van der Waals surface area (Å²) in [6.07, 6.45) is -4.48. The molecule has 2 rings (SSSR count). The molecule has 6 heteroatoms. The average molecular weight is 366 g/mol. The Morgan fingerprint density at radius 2 is 1.75 bits per heavy atom. The van der Waals surface area contributed by atoms with Crippen molar-refractivity contribution in [3.05, 3.63) is 58.6 Å². The summed E-state index contributed by atoms with van der Waals surface area (Å²) >= 11 is 9.25. The van der Waals surface area contributed by atoms with Gasteiger partial charge in [0.2, 0.25) is 0 Å². The van der Waals surface area contributed by atoms with E-state index < -0.39 is 11.7 Å². The molecule has 0 saturated heterocycles. The van der Waals surface area contributed by atoms with Crippen LogP contribution in [0.3, 0.4) is 0 Å². The smallest absolute Gasteiger partial charge is 0.419 e. The van der Waals surface area contributed by atoms with Gasteiger partial charge in [-0.25, -0.2) is 0 Å². The zero-order chi connectivity index (χ0) is 14.8. The highest BCUT2D eigenvalue weighted by atomic mass is 79.9. The molecule has 0 saturated carbocycles. The van der Waals surface area contributed by atoms with Crippen LogP contribution >= 0.6 is 27.5 Å². The van der Waals surface area contributed by atoms with Crippen molar-refractivity contribution in [2.45, 2.75) is 11.5 Å². The van der Waals surface area contributed by atoms with Crippen LogP contribution in [0.1, 0.15) is 11.1 Å². The quantitative estimate of drug-likeness (QED) is 0.602. The van der Waals surface area contributed by atoms with E-state index >= 15 is 0 Å². The zero-order valence-electron chi connectivity index (χ0n) is 10.0. The van der Waals surface area contributed by atoms with Gasteiger partial charge in [0, 0.05) is 10.9 Å². The van der Waals surface area contributed by atoms with Crippen LogP contribution < -0.4 is 4.74 Å². The van der Waals surface area contributed by atoms with Gasteiger partial charge in [0.25, 0.3) is 0 Å². The first-order valence-corrected chi connectivity index (χ1v) is 7.11. The highest BCUT2D eigenvalue weighted by molar-refractivity contribution is 9.08. The van der Waals surface area contributed by atoms with Crippen LogP contribution in [0.25, 0.3) is 0 Å². The molecule has 2 aromatic rings. The van der Waals surface area contributed by atoms with Gasteiger partial charge in [-0.2, -0.15) is 13.2 Å². The number of halogens is 5. The third kappa shape index (κ3) is 3.27. The summed E-state index contributed by atoms with van der Waals surface area (Å²) in [6.45, 7) is 0. The Kier molecular flexibility index (Phi) is 4.60. The zero-order valence-corrected chi connectivity index (χ0v) is 12.4. The fraction of sp³-hybridized carbons (Fsp3) is 0.143. The van der Waals surface area contributed by atoms with Gasteiger partial charge in [-0.1, -0.05) is 51.8 Å². The summed E-state index contributed by atoms with van der Waals surface area (Å²) in [7, 11) is 0. The Labute approximate surface area is 127 Å².